The second kappa shape index (κ2) is 18.8. The number of benzene rings is 3. The van der Waals surface area contributed by atoms with E-state index in [1.807, 2.05) is 12.1 Å². The Kier molecular flexibility index (Phi) is 13.1. The van der Waals surface area contributed by atoms with Gasteiger partial charge in [-0.1, -0.05) is 30.7 Å². The van der Waals surface area contributed by atoms with Crippen LogP contribution in [0.2, 0.25) is 0 Å². The van der Waals surface area contributed by atoms with Gasteiger partial charge in [-0.25, -0.2) is 26.3 Å². The highest BCUT2D eigenvalue weighted by atomic mass is 32.2. The monoisotopic (exact) mass is 973 g/mol. The lowest BCUT2D eigenvalue weighted by molar-refractivity contribution is -0.384. The van der Waals surface area contributed by atoms with Gasteiger partial charge in [-0.05, 0) is 112 Å². The summed E-state index contributed by atoms with van der Waals surface area (Å²) in [5.74, 6) is -4.52. The van der Waals surface area contributed by atoms with Gasteiger partial charge in [0.25, 0.3) is 33.4 Å². The maximum Gasteiger partial charge on any atom is 0.293 e. The molecule has 4 N–H and O–H groups in total. The average Bonchev–Trinajstić information content (AvgIpc) is 3.93. The molecule has 2 atom stereocenters. The number of likely N-dealkylation sites (tertiary alicyclic amines) is 1. The van der Waals surface area contributed by atoms with Crippen molar-refractivity contribution in [2.45, 2.75) is 107 Å². The van der Waals surface area contributed by atoms with E-state index in [4.69, 9.17) is 9.47 Å². The van der Waals surface area contributed by atoms with Crippen LogP contribution in [-0.2, 0) is 15.9 Å². The smallest absolute Gasteiger partial charge is 0.293 e. The van der Waals surface area contributed by atoms with E-state index >= 15 is 0 Å². The van der Waals surface area contributed by atoms with Crippen LogP contribution in [0, 0.1) is 27.3 Å². The molecule has 19 heteroatoms. The number of ether oxygens (including phenoxy) is 2. The molecule has 0 bridgehead atoms. The molecule has 2 aliphatic carbocycles. The first kappa shape index (κ1) is 48.1. The number of alkyl halides is 2. The Labute approximate surface area is 399 Å². The number of aliphatic hydroxyl groups is 1. The number of H-pyrrole nitrogens is 1. The van der Waals surface area contributed by atoms with Gasteiger partial charge in [-0.2, -0.15) is 4.98 Å². The Hall–Kier alpha value is -5.92. The van der Waals surface area contributed by atoms with E-state index in [0.717, 1.165) is 82.8 Å². The predicted octanol–water partition coefficient (Wildman–Crippen LogP) is 9.62. The van der Waals surface area contributed by atoms with Gasteiger partial charge in [0, 0.05) is 81.3 Å². The Morgan fingerprint density at radius 1 is 1.01 bits per heavy atom. The van der Waals surface area contributed by atoms with Crippen molar-refractivity contribution in [3.05, 3.63) is 106 Å². The summed E-state index contributed by atoms with van der Waals surface area (Å²) < 4.78 is 86.1. The lowest BCUT2D eigenvalue weighted by Gasteiger charge is -2.57. The quantitative estimate of drug-likeness (QED) is 0.0575. The molecular formula is C50H58F3N7O8S. The molecule has 69 heavy (non-hydrogen) atoms. The maximum atomic E-state index is 14.9. The zero-order valence-corrected chi connectivity index (χ0v) is 39.7. The predicted molar refractivity (Wildman–Crippen MR) is 254 cm³/mol. The van der Waals surface area contributed by atoms with Gasteiger partial charge in [-0.15, -0.1) is 0 Å². The number of nitro benzene ring substituents is 1. The van der Waals surface area contributed by atoms with Crippen LogP contribution in [0.15, 0.2) is 77.8 Å². The number of fused-ring (bicyclic) bond motifs is 1. The van der Waals surface area contributed by atoms with Gasteiger partial charge >= 0.3 is 0 Å². The molecule has 4 heterocycles. The highest BCUT2D eigenvalue weighted by molar-refractivity contribution is 7.90. The summed E-state index contributed by atoms with van der Waals surface area (Å²) in [6, 6.07) is 16.6. The largest absolute Gasteiger partial charge is 0.475 e. The van der Waals surface area contributed by atoms with Gasteiger partial charge < -0.3 is 29.8 Å². The van der Waals surface area contributed by atoms with Crippen LogP contribution in [0.5, 0.6) is 17.4 Å². The van der Waals surface area contributed by atoms with Crippen LogP contribution in [0.4, 0.5) is 30.2 Å². The molecule has 5 aromatic rings. The van der Waals surface area contributed by atoms with E-state index in [9.17, 15) is 41.6 Å². The number of nitrogens with zero attached hydrogens (tertiary/aromatic N) is 4. The number of hydrogen-bond donors (Lipinski definition) is 4. The van der Waals surface area contributed by atoms with E-state index in [1.54, 1.807) is 38.1 Å². The second-order valence-electron chi connectivity index (χ2n) is 19.7. The minimum absolute atomic E-state index is 0.00144. The van der Waals surface area contributed by atoms with Crippen molar-refractivity contribution in [1.29, 1.82) is 0 Å². The molecule has 3 aromatic carbocycles. The SMILES string of the molecule is CCOc1nc2[nH]cc(F)c2cc1Oc1cc(N2CCC3(CC2)CN([C@@H]2CCC[C@@H]2c2ccccc2C(C)(F)F)C3)ccc1C(=O)NS(=O)(=O)c1ccc(NC[C@H]2CC[C@](C)(O)CC2)c([N+](=O)[O-])c1. The number of nitro groups is 1. The number of rotatable bonds is 15. The molecular weight excluding hydrogens is 916 g/mol. The molecule has 4 fully saturated rings. The number of halogens is 3. The molecule has 2 saturated carbocycles. The van der Waals surface area contributed by atoms with Crippen molar-refractivity contribution in [3.63, 3.8) is 0 Å². The summed E-state index contributed by atoms with van der Waals surface area (Å²) in [7, 11) is -4.69. The lowest BCUT2D eigenvalue weighted by atomic mass is 9.70. The molecule has 0 radical (unpaired) electrons. The van der Waals surface area contributed by atoms with Gasteiger partial charge in [-0.3, -0.25) is 19.8 Å². The van der Waals surface area contributed by atoms with Crippen LogP contribution in [-0.4, -0.2) is 90.2 Å². The van der Waals surface area contributed by atoms with E-state index in [1.165, 1.54) is 24.3 Å². The molecule has 0 unspecified atom stereocenters. The fraction of sp³-hybridized carbons (Fsp3) is 0.480. The van der Waals surface area contributed by atoms with Crippen molar-refractivity contribution in [2.75, 3.05) is 49.5 Å². The normalized spacial score (nSPS) is 22.9. The van der Waals surface area contributed by atoms with Crippen molar-refractivity contribution in [2.24, 2.45) is 11.3 Å². The number of amides is 1. The average molecular weight is 974 g/mol. The standard InChI is InChI=1S/C50H58F3N7O8S/c1-4-67-47-44(26-37-39(51)28-55-45(37)56-47)68-43-24-32(58-22-20-50(21-23-58)29-59(30-50)41-11-7-9-35(41)34-8-5-6-10-38(34)49(3,52)53)12-14-36(43)46(61)57-69(65,66)33-13-15-40(42(25-33)60(63)64)54-27-31-16-18-48(2,62)19-17-31/h5-6,8,10,12-15,24-26,28,31,35,41,54,62H,4,7,9,11,16-23,27,29-30H2,1-3H3,(H,55,56)(H,57,61)/t31-,35-,41-,48-/m1/s1. The molecule has 4 aliphatic rings. The van der Waals surface area contributed by atoms with Gasteiger partial charge in [0.1, 0.15) is 22.9 Å². The Morgan fingerprint density at radius 2 is 1.75 bits per heavy atom. The number of hydrogen-bond acceptors (Lipinski definition) is 12. The second-order valence-corrected chi connectivity index (χ2v) is 21.4. The van der Waals surface area contributed by atoms with Gasteiger partial charge in [0.2, 0.25) is 0 Å². The van der Waals surface area contributed by atoms with Gasteiger partial charge in [0.15, 0.2) is 5.75 Å². The van der Waals surface area contributed by atoms with Crippen molar-refractivity contribution in [3.8, 4) is 17.4 Å². The van der Waals surface area contributed by atoms with E-state index < -0.39 is 48.8 Å². The molecule has 2 aromatic heterocycles. The first-order valence-electron chi connectivity index (χ1n) is 23.7. The van der Waals surface area contributed by atoms with Crippen LogP contribution in [0.25, 0.3) is 11.0 Å². The third-order valence-corrected chi connectivity index (χ3v) is 16.1. The zero-order chi connectivity index (χ0) is 48.9. The lowest BCUT2D eigenvalue weighted by Crippen LogP contribution is -2.63. The fourth-order valence-corrected chi connectivity index (χ4v) is 11.9. The summed E-state index contributed by atoms with van der Waals surface area (Å²) in [6.45, 7) is 8.10. The number of carbonyl (C=O) groups is 1. The van der Waals surface area contributed by atoms with Crippen LogP contribution in [0.3, 0.4) is 0 Å². The number of anilines is 2. The number of nitrogens with one attached hydrogen (secondary N) is 3. The Bertz CT molecular complexity index is 2850. The van der Waals surface area contributed by atoms with E-state index in [0.29, 0.717) is 38.2 Å². The van der Waals surface area contributed by atoms with Crippen LogP contribution >= 0.6 is 0 Å². The van der Waals surface area contributed by atoms with Crippen molar-refractivity contribution in [1.82, 2.24) is 19.6 Å². The minimum atomic E-state index is -4.69. The number of aromatic nitrogens is 2. The third-order valence-electron chi connectivity index (χ3n) is 14.8. The molecule has 1 spiro atoms. The first-order chi connectivity index (χ1) is 32.8. The van der Waals surface area contributed by atoms with Crippen LogP contribution in [0.1, 0.15) is 106 Å². The molecule has 15 nitrogen and oxygen atoms in total. The summed E-state index contributed by atoms with van der Waals surface area (Å²) in [6.07, 6.45) is 8.32. The summed E-state index contributed by atoms with van der Waals surface area (Å²) >= 11 is 0. The fourth-order valence-electron chi connectivity index (χ4n) is 10.9. The molecule has 9 rings (SSSR count). The number of carbonyl (C=O) groups excluding carboxylic acids is 1. The maximum absolute atomic E-state index is 14.9. The van der Waals surface area contributed by atoms with Crippen molar-refractivity contribution >= 4 is 44.0 Å². The zero-order valence-electron chi connectivity index (χ0n) is 38.9. The number of piperidine rings is 1. The third kappa shape index (κ3) is 10.1. The van der Waals surface area contributed by atoms with Gasteiger partial charge in [0.05, 0.1) is 33.0 Å². The summed E-state index contributed by atoms with van der Waals surface area (Å²) in [5, 5.41) is 25.7. The molecule has 368 valence electrons. The minimum Gasteiger partial charge on any atom is -0.475 e. The summed E-state index contributed by atoms with van der Waals surface area (Å²) in [5.41, 5.74) is 0.474. The number of sulfonamides is 1. The summed E-state index contributed by atoms with van der Waals surface area (Å²) in [4.78, 5) is 36.9. The first-order valence-corrected chi connectivity index (χ1v) is 25.2. The number of aromatic amines is 1. The topological polar surface area (TPSA) is 192 Å². The van der Waals surface area contributed by atoms with Crippen molar-refractivity contribution < 1.29 is 45.9 Å². The van der Waals surface area contributed by atoms with E-state index in [2.05, 4.69) is 29.8 Å². The molecule has 2 aliphatic heterocycles. The Morgan fingerprint density at radius 3 is 2.46 bits per heavy atom. The molecule has 1 amide bonds. The highest BCUT2D eigenvalue weighted by Gasteiger charge is 2.50. The number of pyridine rings is 1. The molecule has 2 saturated heterocycles. The van der Waals surface area contributed by atoms with Crippen LogP contribution < -0.4 is 24.4 Å². The Balaban J connectivity index is 0.934. The van der Waals surface area contributed by atoms with E-state index in [-0.39, 0.29) is 75.1 Å². The highest BCUT2D eigenvalue weighted by Crippen LogP contribution is 2.50.